The Balaban J connectivity index is 3.81. The maximum atomic E-state index is 11.6. The molecule has 4 heteroatoms. The fourth-order valence-electron chi connectivity index (χ4n) is 2.11. The maximum Gasteiger partial charge on any atom is 0.330 e. The maximum absolute atomic E-state index is 11.6. The standard InChI is InChI=1S/C18H33NO3/c1-4-7-9-10-14-19-17(20)12-13-18(21)22-15-16(6-3)11-8-5-2/h12-13,16H,4-11,14-15H2,1-3H3,(H,19,20)/b13-12-. The largest absolute Gasteiger partial charge is 0.462 e. The molecular weight excluding hydrogens is 278 g/mol. The van der Waals surface area contributed by atoms with Gasteiger partial charge in [-0.05, 0) is 18.8 Å². The molecule has 0 fully saturated rings. The van der Waals surface area contributed by atoms with Crippen LogP contribution >= 0.6 is 0 Å². The van der Waals surface area contributed by atoms with Crippen LogP contribution in [0, 0.1) is 5.92 Å². The van der Waals surface area contributed by atoms with Crippen LogP contribution in [0.4, 0.5) is 0 Å². The first kappa shape index (κ1) is 20.7. The van der Waals surface area contributed by atoms with Crippen molar-refractivity contribution in [3.63, 3.8) is 0 Å². The van der Waals surface area contributed by atoms with E-state index in [1.807, 2.05) is 0 Å². The van der Waals surface area contributed by atoms with Gasteiger partial charge < -0.3 is 10.1 Å². The van der Waals surface area contributed by atoms with Gasteiger partial charge in [-0.3, -0.25) is 4.79 Å². The van der Waals surface area contributed by atoms with E-state index in [1.165, 1.54) is 25.0 Å². The number of hydrogen-bond acceptors (Lipinski definition) is 3. The SMILES string of the molecule is CCCCCCNC(=O)/C=C\C(=O)OCC(CC)CCCC. The van der Waals surface area contributed by atoms with Crippen molar-refractivity contribution >= 4 is 11.9 Å². The Bertz CT molecular complexity index is 326. The number of carbonyl (C=O) groups excluding carboxylic acids is 2. The van der Waals surface area contributed by atoms with Gasteiger partial charge in [-0.15, -0.1) is 0 Å². The topological polar surface area (TPSA) is 55.4 Å². The summed E-state index contributed by atoms with van der Waals surface area (Å²) in [6, 6.07) is 0. The number of hydrogen-bond donors (Lipinski definition) is 1. The van der Waals surface area contributed by atoms with Gasteiger partial charge in [0.15, 0.2) is 0 Å². The summed E-state index contributed by atoms with van der Waals surface area (Å²) >= 11 is 0. The summed E-state index contributed by atoms with van der Waals surface area (Å²) in [5.41, 5.74) is 0. The number of amides is 1. The number of esters is 1. The molecular formula is C18H33NO3. The van der Waals surface area contributed by atoms with Crippen molar-refractivity contribution in [1.29, 1.82) is 0 Å². The van der Waals surface area contributed by atoms with Gasteiger partial charge in [0, 0.05) is 18.7 Å². The summed E-state index contributed by atoms with van der Waals surface area (Å²) in [6.45, 7) is 7.52. The lowest BCUT2D eigenvalue weighted by Crippen LogP contribution is -2.22. The Hall–Kier alpha value is -1.32. The predicted molar refractivity (Wildman–Crippen MR) is 90.6 cm³/mol. The fourth-order valence-corrected chi connectivity index (χ4v) is 2.11. The van der Waals surface area contributed by atoms with Crippen molar-refractivity contribution in [2.24, 2.45) is 5.92 Å². The van der Waals surface area contributed by atoms with Gasteiger partial charge in [0.1, 0.15) is 0 Å². The van der Waals surface area contributed by atoms with E-state index >= 15 is 0 Å². The van der Waals surface area contributed by atoms with Gasteiger partial charge in [0.2, 0.25) is 5.91 Å². The second kappa shape index (κ2) is 14.6. The van der Waals surface area contributed by atoms with Crippen molar-refractivity contribution in [3.05, 3.63) is 12.2 Å². The molecule has 0 aliphatic carbocycles. The minimum absolute atomic E-state index is 0.230. The van der Waals surface area contributed by atoms with Crippen molar-refractivity contribution in [2.45, 2.75) is 72.1 Å². The Labute approximate surface area is 135 Å². The molecule has 0 saturated carbocycles. The molecule has 0 aromatic rings. The van der Waals surface area contributed by atoms with Crippen LogP contribution in [0.2, 0.25) is 0 Å². The van der Waals surface area contributed by atoms with E-state index in [4.69, 9.17) is 4.74 Å². The molecule has 1 unspecified atom stereocenters. The number of carbonyl (C=O) groups is 2. The minimum Gasteiger partial charge on any atom is -0.462 e. The molecule has 1 amide bonds. The molecule has 0 spiro atoms. The molecule has 0 aliphatic rings. The third-order valence-electron chi connectivity index (χ3n) is 3.70. The van der Waals surface area contributed by atoms with E-state index in [9.17, 15) is 9.59 Å². The van der Waals surface area contributed by atoms with Gasteiger partial charge in [0.05, 0.1) is 6.61 Å². The van der Waals surface area contributed by atoms with Crippen LogP contribution in [-0.2, 0) is 14.3 Å². The average Bonchev–Trinajstić information content (AvgIpc) is 2.53. The molecule has 0 aromatic heterocycles. The summed E-state index contributed by atoms with van der Waals surface area (Å²) < 4.78 is 5.19. The lowest BCUT2D eigenvalue weighted by atomic mass is 10.0. The smallest absolute Gasteiger partial charge is 0.330 e. The van der Waals surface area contributed by atoms with Crippen molar-refractivity contribution in [2.75, 3.05) is 13.2 Å². The van der Waals surface area contributed by atoms with Crippen LogP contribution in [0.5, 0.6) is 0 Å². The molecule has 1 atom stereocenters. The highest BCUT2D eigenvalue weighted by Gasteiger charge is 2.08. The quantitative estimate of drug-likeness (QED) is 0.318. The monoisotopic (exact) mass is 311 g/mol. The Morgan fingerprint density at radius 1 is 1.00 bits per heavy atom. The van der Waals surface area contributed by atoms with Crippen LogP contribution in [0.15, 0.2) is 12.2 Å². The number of unbranched alkanes of at least 4 members (excludes halogenated alkanes) is 4. The van der Waals surface area contributed by atoms with E-state index in [2.05, 4.69) is 26.1 Å². The molecule has 22 heavy (non-hydrogen) atoms. The molecule has 128 valence electrons. The summed E-state index contributed by atoms with van der Waals surface area (Å²) in [6.07, 6.45) is 11.4. The fraction of sp³-hybridized carbons (Fsp3) is 0.778. The first-order valence-corrected chi connectivity index (χ1v) is 8.76. The molecule has 0 heterocycles. The van der Waals surface area contributed by atoms with Gasteiger partial charge in [-0.2, -0.15) is 0 Å². The number of rotatable bonds is 13. The normalized spacial score (nSPS) is 12.3. The first-order valence-electron chi connectivity index (χ1n) is 8.76. The second-order valence-electron chi connectivity index (χ2n) is 5.73. The summed E-state index contributed by atoms with van der Waals surface area (Å²) in [7, 11) is 0. The number of ether oxygens (including phenoxy) is 1. The zero-order chi connectivity index (χ0) is 16.6. The highest BCUT2D eigenvalue weighted by atomic mass is 16.5. The van der Waals surface area contributed by atoms with Crippen LogP contribution < -0.4 is 5.32 Å². The molecule has 0 aliphatic heterocycles. The van der Waals surface area contributed by atoms with Gasteiger partial charge in [-0.1, -0.05) is 59.3 Å². The zero-order valence-corrected chi connectivity index (χ0v) is 14.5. The van der Waals surface area contributed by atoms with E-state index in [0.29, 0.717) is 19.1 Å². The second-order valence-corrected chi connectivity index (χ2v) is 5.73. The Kier molecular flexibility index (Phi) is 13.7. The van der Waals surface area contributed by atoms with Crippen molar-refractivity contribution in [3.8, 4) is 0 Å². The Morgan fingerprint density at radius 3 is 2.36 bits per heavy atom. The van der Waals surface area contributed by atoms with Crippen molar-refractivity contribution in [1.82, 2.24) is 5.32 Å². The summed E-state index contributed by atoms with van der Waals surface area (Å²) in [5, 5.41) is 2.77. The lowest BCUT2D eigenvalue weighted by Gasteiger charge is -2.13. The third-order valence-corrected chi connectivity index (χ3v) is 3.70. The van der Waals surface area contributed by atoms with Gasteiger partial charge >= 0.3 is 5.97 Å². The molecule has 0 aromatic carbocycles. The molecule has 0 saturated heterocycles. The van der Waals surface area contributed by atoms with Crippen LogP contribution in [0.1, 0.15) is 72.1 Å². The van der Waals surface area contributed by atoms with Crippen LogP contribution in [0.25, 0.3) is 0 Å². The van der Waals surface area contributed by atoms with Gasteiger partial charge in [0.25, 0.3) is 0 Å². The molecule has 0 rings (SSSR count). The van der Waals surface area contributed by atoms with E-state index in [-0.39, 0.29) is 5.91 Å². The van der Waals surface area contributed by atoms with E-state index in [1.54, 1.807) is 0 Å². The summed E-state index contributed by atoms with van der Waals surface area (Å²) in [5.74, 6) is -0.243. The molecule has 0 bridgehead atoms. The summed E-state index contributed by atoms with van der Waals surface area (Å²) in [4.78, 5) is 23.1. The first-order chi connectivity index (χ1) is 10.6. The third kappa shape index (κ3) is 12.4. The average molecular weight is 311 g/mol. The Morgan fingerprint density at radius 2 is 1.73 bits per heavy atom. The molecule has 4 nitrogen and oxygen atoms in total. The minimum atomic E-state index is -0.434. The highest BCUT2D eigenvalue weighted by Crippen LogP contribution is 2.12. The van der Waals surface area contributed by atoms with Gasteiger partial charge in [-0.25, -0.2) is 4.79 Å². The van der Waals surface area contributed by atoms with E-state index < -0.39 is 5.97 Å². The lowest BCUT2D eigenvalue weighted by molar-refractivity contribution is -0.139. The van der Waals surface area contributed by atoms with Crippen molar-refractivity contribution < 1.29 is 14.3 Å². The molecule has 0 radical (unpaired) electrons. The predicted octanol–water partition coefficient (Wildman–Crippen LogP) is 4.00. The molecule has 1 N–H and O–H groups in total. The number of nitrogens with one attached hydrogen (secondary N) is 1. The van der Waals surface area contributed by atoms with Crippen LogP contribution in [0.3, 0.4) is 0 Å². The zero-order valence-electron chi connectivity index (χ0n) is 14.5. The highest BCUT2D eigenvalue weighted by molar-refractivity contribution is 5.94. The van der Waals surface area contributed by atoms with E-state index in [0.717, 1.165) is 38.5 Å². The van der Waals surface area contributed by atoms with Crippen LogP contribution in [-0.4, -0.2) is 25.0 Å².